The van der Waals surface area contributed by atoms with Crippen LogP contribution in [0.5, 0.6) is 0 Å². The summed E-state index contributed by atoms with van der Waals surface area (Å²) in [6, 6.07) is 19.2. The Morgan fingerprint density at radius 1 is 1.08 bits per heavy atom. The van der Waals surface area contributed by atoms with Crippen LogP contribution in [0.1, 0.15) is 34.5 Å². The van der Waals surface area contributed by atoms with E-state index >= 15 is 0 Å². The average Bonchev–Trinajstić information content (AvgIpc) is 2.64. The fourth-order valence-electron chi connectivity index (χ4n) is 2.49. The Balaban J connectivity index is 1.83. The summed E-state index contributed by atoms with van der Waals surface area (Å²) in [6.45, 7) is 3.98. The number of nitrogens with zero attached hydrogens (tertiary/aromatic N) is 2. The first-order chi connectivity index (χ1) is 12.5. The highest BCUT2D eigenvalue weighted by Gasteiger charge is 2.18. The number of aryl methyl sites for hydroxylation is 1. The second-order valence-corrected chi connectivity index (χ2v) is 7.36. The van der Waals surface area contributed by atoms with E-state index in [0.717, 1.165) is 16.0 Å². The third-order valence-electron chi connectivity index (χ3n) is 3.82. The number of aromatic nitrogens is 2. The number of amides is 1. The molecule has 1 N–H and O–H groups in total. The van der Waals surface area contributed by atoms with E-state index in [2.05, 4.69) is 21.6 Å². The van der Waals surface area contributed by atoms with Gasteiger partial charge in [-0.3, -0.25) is 4.79 Å². The predicted octanol–water partition coefficient (Wildman–Crippen LogP) is 5.08. The molecule has 0 fully saturated rings. The van der Waals surface area contributed by atoms with E-state index < -0.39 is 0 Å². The minimum Gasteiger partial charge on any atom is -0.345 e. The summed E-state index contributed by atoms with van der Waals surface area (Å²) in [5.74, 6) is -0.228. The third-order valence-corrected chi connectivity index (χ3v) is 5.01. The first kappa shape index (κ1) is 18.4. The maximum absolute atomic E-state index is 12.8. The number of nitrogens with one attached hydrogen (secondary N) is 1. The van der Waals surface area contributed by atoms with Crippen molar-refractivity contribution in [1.29, 1.82) is 0 Å². The van der Waals surface area contributed by atoms with E-state index in [1.807, 2.05) is 62.4 Å². The first-order valence-electron chi connectivity index (χ1n) is 8.16. The monoisotopic (exact) mass is 383 g/mol. The quantitative estimate of drug-likeness (QED) is 0.667. The van der Waals surface area contributed by atoms with Gasteiger partial charge in [-0.2, -0.15) is 0 Å². The van der Waals surface area contributed by atoms with Crippen molar-refractivity contribution in [2.75, 3.05) is 0 Å². The van der Waals surface area contributed by atoms with Gasteiger partial charge < -0.3 is 5.32 Å². The lowest BCUT2D eigenvalue weighted by Gasteiger charge is -2.16. The minimum atomic E-state index is -0.228. The highest BCUT2D eigenvalue weighted by atomic mass is 35.5. The molecule has 0 aliphatic heterocycles. The maximum atomic E-state index is 12.8. The second kappa shape index (κ2) is 8.34. The summed E-state index contributed by atoms with van der Waals surface area (Å²) in [5, 5.41) is 11.7. The molecule has 1 atom stereocenters. The Labute approximate surface area is 162 Å². The van der Waals surface area contributed by atoms with Crippen molar-refractivity contribution in [3.05, 3.63) is 82.5 Å². The zero-order chi connectivity index (χ0) is 18.5. The van der Waals surface area contributed by atoms with Gasteiger partial charge in [0.05, 0.1) is 11.6 Å². The average molecular weight is 384 g/mol. The van der Waals surface area contributed by atoms with Gasteiger partial charge in [0, 0.05) is 4.90 Å². The molecule has 0 saturated carbocycles. The number of halogens is 1. The van der Waals surface area contributed by atoms with Gasteiger partial charge in [-0.25, -0.2) is 0 Å². The Bertz CT molecular complexity index is 918. The van der Waals surface area contributed by atoms with E-state index in [9.17, 15) is 4.79 Å². The zero-order valence-corrected chi connectivity index (χ0v) is 16.0. The smallest absolute Gasteiger partial charge is 0.254 e. The molecule has 3 aromatic rings. The van der Waals surface area contributed by atoms with Crippen LogP contribution in [0.2, 0.25) is 5.15 Å². The number of hydrogen-bond acceptors (Lipinski definition) is 4. The lowest BCUT2D eigenvalue weighted by atomic mass is 10.1. The molecule has 1 heterocycles. The Hall–Kier alpha value is -2.37. The zero-order valence-electron chi connectivity index (χ0n) is 14.4. The van der Waals surface area contributed by atoms with Crippen LogP contribution in [0.4, 0.5) is 0 Å². The van der Waals surface area contributed by atoms with Crippen molar-refractivity contribution < 1.29 is 4.79 Å². The van der Waals surface area contributed by atoms with Gasteiger partial charge in [0.2, 0.25) is 0 Å². The number of rotatable bonds is 5. The van der Waals surface area contributed by atoms with Crippen LogP contribution in [-0.2, 0) is 0 Å². The van der Waals surface area contributed by atoms with Crippen molar-refractivity contribution in [2.24, 2.45) is 0 Å². The van der Waals surface area contributed by atoms with Crippen molar-refractivity contribution in [2.45, 2.75) is 29.8 Å². The lowest BCUT2D eigenvalue weighted by Crippen LogP contribution is -2.27. The van der Waals surface area contributed by atoms with Crippen molar-refractivity contribution in [1.82, 2.24) is 15.5 Å². The molecule has 0 aliphatic carbocycles. The second-order valence-electron chi connectivity index (χ2n) is 5.91. The van der Waals surface area contributed by atoms with Crippen molar-refractivity contribution in [3.8, 4) is 0 Å². The standard InChI is InChI=1S/C20H18ClN3OS/c1-13-7-6-8-15(11-13)14(2)22-19(25)17-12-18(21)23-24-20(17)26-16-9-4-3-5-10-16/h3-12,14H,1-2H3,(H,22,25). The van der Waals surface area contributed by atoms with Gasteiger partial charge in [0.15, 0.2) is 5.15 Å². The maximum Gasteiger partial charge on any atom is 0.254 e. The van der Waals surface area contributed by atoms with Gasteiger partial charge in [-0.1, -0.05) is 71.4 Å². The molecule has 6 heteroatoms. The van der Waals surface area contributed by atoms with E-state index in [1.54, 1.807) is 6.07 Å². The van der Waals surface area contributed by atoms with Crippen LogP contribution >= 0.6 is 23.4 Å². The molecule has 0 radical (unpaired) electrons. The minimum absolute atomic E-state index is 0.135. The SMILES string of the molecule is Cc1cccc(C(C)NC(=O)c2cc(Cl)nnc2Sc2ccccc2)c1. The summed E-state index contributed by atoms with van der Waals surface area (Å²) in [6.07, 6.45) is 0. The largest absolute Gasteiger partial charge is 0.345 e. The highest BCUT2D eigenvalue weighted by Crippen LogP contribution is 2.29. The molecule has 0 saturated heterocycles. The molecule has 0 bridgehead atoms. The molecule has 2 aromatic carbocycles. The van der Waals surface area contributed by atoms with Gasteiger partial charge in [0.1, 0.15) is 5.03 Å². The lowest BCUT2D eigenvalue weighted by molar-refractivity contribution is 0.0936. The first-order valence-corrected chi connectivity index (χ1v) is 9.36. The fourth-order valence-corrected chi connectivity index (χ4v) is 3.50. The van der Waals surface area contributed by atoms with E-state index in [0.29, 0.717) is 10.6 Å². The van der Waals surface area contributed by atoms with Crippen LogP contribution in [0.3, 0.4) is 0 Å². The Morgan fingerprint density at radius 3 is 2.58 bits per heavy atom. The summed E-state index contributed by atoms with van der Waals surface area (Å²) in [4.78, 5) is 13.8. The van der Waals surface area contributed by atoms with Crippen LogP contribution < -0.4 is 5.32 Å². The normalized spacial score (nSPS) is 11.8. The highest BCUT2D eigenvalue weighted by molar-refractivity contribution is 7.99. The van der Waals surface area contributed by atoms with Gasteiger partial charge in [-0.15, -0.1) is 10.2 Å². The molecule has 3 rings (SSSR count). The number of carbonyl (C=O) groups is 1. The molecule has 1 amide bonds. The van der Waals surface area contributed by atoms with Crippen LogP contribution in [-0.4, -0.2) is 16.1 Å². The molecular formula is C20H18ClN3OS. The number of benzene rings is 2. The van der Waals surface area contributed by atoms with Crippen LogP contribution in [0, 0.1) is 6.92 Å². The van der Waals surface area contributed by atoms with Gasteiger partial charge in [0.25, 0.3) is 5.91 Å². The molecule has 1 aromatic heterocycles. The Morgan fingerprint density at radius 2 is 1.85 bits per heavy atom. The summed E-state index contributed by atoms with van der Waals surface area (Å²) >= 11 is 7.36. The topological polar surface area (TPSA) is 54.9 Å². The van der Waals surface area contributed by atoms with E-state index in [1.165, 1.54) is 11.8 Å². The summed E-state index contributed by atoms with van der Waals surface area (Å²) in [5.41, 5.74) is 2.61. The van der Waals surface area contributed by atoms with Gasteiger partial charge in [-0.05, 0) is 37.6 Å². The molecule has 26 heavy (non-hydrogen) atoms. The predicted molar refractivity (Wildman–Crippen MR) is 105 cm³/mol. The molecule has 132 valence electrons. The van der Waals surface area contributed by atoms with Gasteiger partial charge >= 0.3 is 0 Å². The van der Waals surface area contributed by atoms with Crippen LogP contribution in [0.25, 0.3) is 0 Å². The molecule has 1 unspecified atom stereocenters. The van der Waals surface area contributed by atoms with E-state index in [-0.39, 0.29) is 17.1 Å². The summed E-state index contributed by atoms with van der Waals surface area (Å²) < 4.78 is 0. The summed E-state index contributed by atoms with van der Waals surface area (Å²) in [7, 11) is 0. The van der Waals surface area contributed by atoms with E-state index in [4.69, 9.17) is 11.6 Å². The Kier molecular flexibility index (Phi) is 5.91. The molecule has 4 nitrogen and oxygen atoms in total. The van der Waals surface area contributed by atoms with Crippen molar-refractivity contribution >= 4 is 29.3 Å². The van der Waals surface area contributed by atoms with Crippen molar-refractivity contribution in [3.63, 3.8) is 0 Å². The number of hydrogen-bond donors (Lipinski definition) is 1. The molecule has 0 spiro atoms. The molecule has 0 aliphatic rings. The van der Waals surface area contributed by atoms with Crippen LogP contribution in [0.15, 0.2) is 70.6 Å². The molecular weight excluding hydrogens is 366 g/mol. The number of carbonyl (C=O) groups excluding carboxylic acids is 1. The fraction of sp³-hybridized carbons (Fsp3) is 0.150. The third kappa shape index (κ3) is 4.62.